The number of aryl methyl sites for hydroxylation is 1. The third-order valence-electron chi connectivity index (χ3n) is 3.67. The van der Waals surface area contributed by atoms with Crippen molar-refractivity contribution in [3.8, 4) is 0 Å². The Kier molecular flexibility index (Phi) is 6.20. The molecule has 0 saturated carbocycles. The zero-order valence-electron chi connectivity index (χ0n) is 13.0. The first-order chi connectivity index (χ1) is 10.3. The molecule has 21 heavy (non-hydrogen) atoms. The Labute approximate surface area is 126 Å². The van der Waals surface area contributed by atoms with Gasteiger partial charge in [0.25, 0.3) is 5.56 Å². The van der Waals surface area contributed by atoms with Crippen LogP contribution < -0.4 is 15.8 Å². The summed E-state index contributed by atoms with van der Waals surface area (Å²) in [7, 11) is 0. The van der Waals surface area contributed by atoms with Crippen LogP contribution in [0.5, 0.6) is 0 Å². The van der Waals surface area contributed by atoms with Crippen LogP contribution in [0.3, 0.4) is 0 Å². The molecule has 1 aliphatic heterocycles. The molecule has 1 atom stereocenters. The Balaban J connectivity index is 2.17. The average Bonchev–Trinajstić information content (AvgIpc) is 2.51. The maximum atomic E-state index is 12.5. The van der Waals surface area contributed by atoms with Gasteiger partial charge >= 0.3 is 0 Å². The smallest absolute Gasteiger partial charge is 0.293 e. The monoisotopic (exact) mass is 294 g/mol. The van der Waals surface area contributed by atoms with E-state index in [0.29, 0.717) is 19.0 Å². The van der Waals surface area contributed by atoms with Gasteiger partial charge in [0, 0.05) is 32.0 Å². The van der Waals surface area contributed by atoms with E-state index < -0.39 is 0 Å². The van der Waals surface area contributed by atoms with E-state index in [0.717, 1.165) is 39.0 Å². The average molecular weight is 294 g/mol. The van der Waals surface area contributed by atoms with Crippen LogP contribution >= 0.6 is 0 Å². The van der Waals surface area contributed by atoms with E-state index in [4.69, 9.17) is 4.74 Å². The summed E-state index contributed by atoms with van der Waals surface area (Å²) in [5, 5.41) is 3.41. The van der Waals surface area contributed by atoms with Crippen LogP contribution in [0.1, 0.15) is 26.7 Å². The molecule has 6 nitrogen and oxygen atoms in total. The van der Waals surface area contributed by atoms with Crippen molar-refractivity contribution in [2.45, 2.75) is 39.3 Å². The second kappa shape index (κ2) is 8.14. The Morgan fingerprint density at radius 1 is 1.43 bits per heavy atom. The molecule has 0 aromatic carbocycles. The Bertz CT molecular complexity index is 489. The summed E-state index contributed by atoms with van der Waals surface area (Å²) in [6.07, 6.45) is 5.52. The molecule has 0 spiro atoms. The molecule has 0 amide bonds. The molecular formula is C15H26N4O2. The van der Waals surface area contributed by atoms with Crippen LogP contribution in [-0.4, -0.2) is 48.4 Å². The van der Waals surface area contributed by atoms with Crippen molar-refractivity contribution in [1.82, 2.24) is 14.9 Å². The number of hydrogen-bond donors (Lipinski definition) is 1. The van der Waals surface area contributed by atoms with Crippen LogP contribution in [0, 0.1) is 0 Å². The quantitative estimate of drug-likeness (QED) is 0.756. The highest BCUT2D eigenvalue weighted by Crippen LogP contribution is 2.13. The van der Waals surface area contributed by atoms with Crippen LogP contribution in [-0.2, 0) is 11.3 Å². The molecule has 2 heterocycles. The molecule has 2 rings (SSSR count). The summed E-state index contributed by atoms with van der Waals surface area (Å²) in [4.78, 5) is 19.0. The number of anilines is 1. The zero-order chi connectivity index (χ0) is 15.1. The van der Waals surface area contributed by atoms with Gasteiger partial charge in [0.2, 0.25) is 0 Å². The first-order valence-electron chi connectivity index (χ1n) is 7.88. The number of ether oxygens (including phenoxy) is 1. The second-order valence-corrected chi connectivity index (χ2v) is 5.38. The number of aromatic nitrogens is 2. The van der Waals surface area contributed by atoms with Crippen LogP contribution in [0.4, 0.5) is 5.82 Å². The van der Waals surface area contributed by atoms with Gasteiger partial charge in [0.05, 0.1) is 19.3 Å². The third-order valence-corrected chi connectivity index (χ3v) is 3.67. The molecule has 0 bridgehead atoms. The Hall–Kier alpha value is -1.40. The van der Waals surface area contributed by atoms with Crippen molar-refractivity contribution in [2.75, 3.05) is 37.7 Å². The van der Waals surface area contributed by atoms with E-state index in [-0.39, 0.29) is 11.6 Å². The lowest BCUT2D eigenvalue weighted by molar-refractivity contribution is 0.0932. The van der Waals surface area contributed by atoms with Crippen molar-refractivity contribution in [1.29, 1.82) is 0 Å². The molecule has 1 unspecified atom stereocenters. The number of hydrogen-bond acceptors (Lipinski definition) is 5. The number of nitrogens with zero attached hydrogens (tertiary/aromatic N) is 3. The molecule has 6 heteroatoms. The first kappa shape index (κ1) is 16.0. The van der Waals surface area contributed by atoms with Crippen LogP contribution in [0.2, 0.25) is 0 Å². The van der Waals surface area contributed by atoms with E-state index in [9.17, 15) is 4.79 Å². The van der Waals surface area contributed by atoms with Gasteiger partial charge < -0.3 is 19.5 Å². The predicted octanol–water partition coefficient (Wildman–Crippen LogP) is 0.858. The number of morpholine rings is 1. The van der Waals surface area contributed by atoms with Crippen molar-refractivity contribution in [3.63, 3.8) is 0 Å². The lowest BCUT2D eigenvalue weighted by Gasteiger charge is -2.36. The second-order valence-electron chi connectivity index (χ2n) is 5.38. The van der Waals surface area contributed by atoms with Gasteiger partial charge in [-0.2, -0.15) is 0 Å². The highest BCUT2D eigenvalue weighted by molar-refractivity contribution is 5.38. The summed E-state index contributed by atoms with van der Waals surface area (Å²) < 4.78 is 7.31. The molecule has 1 N–H and O–H groups in total. The summed E-state index contributed by atoms with van der Waals surface area (Å²) in [6.45, 7) is 8.75. The molecule has 0 radical (unpaired) electrons. The Morgan fingerprint density at radius 2 is 2.29 bits per heavy atom. The van der Waals surface area contributed by atoms with Gasteiger partial charge in [-0.1, -0.05) is 13.8 Å². The largest absolute Gasteiger partial charge is 0.377 e. The minimum atomic E-state index is 0.00161. The topological polar surface area (TPSA) is 59.4 Å². The van der Waals surface area contributed by atoms with Gasteiger partial charge in [-0.25, -0.2) is 4.98 Å². The van der Waals surface area contributed by atoms with E-state index in [1.54, 1.807) is 17.0 Å². The molecule has 1 aliphatic rings. The summed E-state index contributed by atoms with van der Waals surface area (Å²) in [5.74, 6) is 0.553. The molecule has 1 fully saturated rings. The van der Waals surface area contributed by atoms with E-state index in [2.05, 4.69) is 29.0 Å². The maximum absolute atomic E-state index is 12.5. The third kappa shape index (κ3) is 4.04. The van der Waals surface area contributed by atoms with Crippen molar-refractivity contribution in [3.05, 3.63) is 22.7 Å². The van der Waals surface area contributed by atoms with E-state index in [1.165, 1.54) is 0 Å². The highest BCUT2D eigenvalue weighted by Gasteiger charge is 2.26. The van der Waals surface area contributed by atoms with Gasteiger partial charge in [-0.3, -0.25) is 4.79 Å². The minimum absolute atomic E-state index is 0.00161. The van der Waals surface area contributed by atoms with Gasteiger partial charge in [-0.15, -0.1) is 0 Å². The van der Waals surface area contributed by atoms with E-state index >= 15 is 0 Å². The molecule has 1 aromatic heterocycles. The number of rotatable bonds is 7. The van der Waals surface area contributed by atoms with Crippen molar-refractivity contribution < 1.29 is 4.74 Å². The fourth-order valence-corrected chi connectivity index (χ4v) is 2.60. The fourth-order valence-electron chi connectivity index (χ4n) is 2.60. The maximum Gasteiger partial charge on any atom is 0.293 e. The number of nitrogens with one attached hydrogen (secondary N) is 1. The minimum Gasteiger partial charge on any atom is -0.377 e. The van der Waals surface area contributed by atoms with Crippen LogP contribution in [0.15, 0.2) is 17.2 Å². The SMILES string of the molecule is CCCNCC1COCCN1c1nccn(CCC)c1=O. The molecule has 1 saturated heterocycles. The summed E-state index contributed by atoms with van der Waals surface area (Å²) in [6, 6.07) is 0.169. The zero-order valence-corrected chi connectivity index (χ0v) is 13.0. The van der Waals surface area contributed by atoms with E-state index in [1.807, 2.05) is 0 Å². The predicted molar refractivity (Wildman–Crippen MR) is 83.9 cm³/mol. The highest BCUT2D eigenvalue weighted by atomic mass is 16.5. The Morgan fingerprint density at radius 3 is 3.05 bits per heavy atom. The van der Waals surface area contributed by atoms with Crippen LogP contribution in [0.25, 0.3) is 0 Å². The lowest BCUT2D eigenvalue weighted by Crippen LogP contribution is -2.53. The molecule has 1 aromatic rings. The lowest BCUT2D eigenvalue weighted by atomic mass is 10.2. The van der Waals surface area contributed by atoms with Crippen molar-refractivity contribution >= 4 is 5.82 Å². The van der Waals surface area contributed by atoms with Gasteiger partial charge in [0.1, 0.15) is 0 Å². The van der Waals surface area contributed by atoms with Crippen molar-refractivity contribution in [2.24, 2.45) is 0 Å². The molecule has 0 aliphatic carbocycles. The van der Waals surface area contributed by atoms with Gasteiger partial charge in [0.15, 0.2) is 5.82 Å². The fraction of sp³-hybridized carbons (Fsp3) is 0.733. The molecule has 118 valence electrons. The first-order valence-corrected chi connectivity index (χ1v) is 7.88. The molecular weight excluding hydrogens is 268 g/mol. The normalized spacial score (nSPS) is 19.0. The summed E-state index contributed by atoms with van der Waals surface area (Å²) in [5.41, 5.74) is 0.00161. The standard InChI is InChI=1S/C15H26N4O2/c1-3-5-16-11-13-12-21-10-9-19(13)14-15(20)18(7-4-2)8-6-17-14/h6,8,13,16H,3-5,7,9-12H2,1-2H3. The van der Waals surface area contributed by atoms with Gasteiger partial charge in [-0.05, 0) is 19.4 Å². The summed E-state index contributed by atoms with van der Waals surface area (Å²) >= 11 is 0.